The number of aromatic nitrogens is 2. The number of benzene rings is 2. The molecule has 1 atom stereocenters. The molecule has 5 heterocycles. The summed E-state index contributed by atoms with van der Waals surface area (Å²) in [4.78, 5) is 52.4. The predicted molar refractivity (Wildman–Crippen MR) is 191 cm³/mol. The van der Waals surface area contributed by atoms with E-state index in [-0.39, 0.29) is 30.3 Å². The Morgan fingerprint density at radius 1 is 0.898 bits per heavy atom. The van der Waals surface area contributed by atoms with Crippen molar-refractivity contribution in [2.45, 2.75) is 70.4 Å². The van der Waals surface area contributed by atoms with Crippen LogP contribution < -0.4 is 5.32 Å². The third-order valence-corrected chi connectivity index (χ3v) is 11.5. The number of piperidine rings is 2. The van der Waals surface area contributed by atoms with Crippen molar-refractivity contribution in [3.05, 3.63) is 59.3 Å². The van der Waals surface area contributed by atoms with Crippen LogP contribution in [0, 0.1) is 12.8 Å². The molecule has 4 amide bonds. The summed E-state index contributed by atoms with van der Waals surface area (Å²) in [5.74, 6) is -0.300. The van der Waals surface area contributed by atoms with E-state index in [0.29, 0.717) is 38.6 Å². The molecule has 0 radical (unpaired) electrons. The molecule has 0 spiro atoms. The van der Waals surface area contributed by atoms with E-state index in [9.17, 15) is 14.4 Å². The van der Waals surface area contributed by atoms with Gasteiger partial charge in [0.1, 0.15) is 0 Å². The van der Waals surface area contributed by atoms with E-state index in [1.165, 1.54) is 12.8 Å². The molecule has 0 bridgehead atoms. The van der Waals surface area contributed by atoms with Gasteiger partial charge in [-0.3, -0.25) is 19.6 Å². The van der Waals surface area contributed by atoms with E-state index in [1.807, 2.05) is 39.1 Å². The number of amides is 4. The lowest BCUT2D eigenvalue weighted by atomic mass is 9.92. The molecule has 0 aliphatic carbocycles. The number of rotatable bonds is 7. The van der Waals surface area contributed by atoms with E-state index in [1.54, 1.807) is 0 Å². The number of likely N-dealkylation sites (tertiary alicyclic amines) is 2. The Morgan fingerprint density at radius 3 is 2.49 bits per heavy atom. The van der Waals surface area contributed by atoms with Crippen LogP contribution in [0.2, 0.25) is 0 Å². The number of anilines is 1. The van der Waals surface area contributed by atoms with E-state index in [2.05, 4.69) is 57.5 Å². The number of hydrogen-bond donors (Lipinski definition) is 2. The van der Waals surface area contributed by atoms with Gasteiger partial charge in [0.15, 0.2) is 0 Å². The molecule has 3 fully saturated rings. The Labute approximate surface area is 290 Å². The minimum absolute atomic E-state index is 0.0356. The second kappa shape index (κ2) is 14.9. The van der Waals surface area contributed by atoms with E-state index >= 15 is 0 Å². The van der Waals surface area contributed by atoms with Crippen molar-refractivity contribution in [3.63, 3.8) is 0 Å². The molecule has 11 nitrogen and oxygen atoms in total. The number of carbonyl (C=O) groups is 3. The van der Waals surface area contributed by atoms with Gasteiger partial charge in [-0.15, -0.1) is 0 Å². The smallest absolute Gasteiger partial charge is 0.322 e. The van der Waals surface area contributed by atoms with Gasteiger partial charge in [-0.2, -0.15) is 5.10 Å². The number of aryl methyl sites for hydroxylation is 1. The van der Waals surface area contributed by atoms with Crippen molar-refractivity contribution in [3.8, 4) is 0 Å². The highest BCUT2D eigenvalue weighted by Crippen LogP contribution is 2.27. The summed E-state index contributed by atoms with van der Waals surface area (Å²) in [6.07, 6.45) is 8.16. The highest BCUT2D eigenvalue weighted by atomic mass is 16.2. The molecule has 4 aliphatic rings. The molecule has 1 unspecified atom stereocenters. The SMILES string of the molecule is Cc1cc(CC(CC(=O)N2CCC(N3CCc4ccccc4NC3=O)CC2)C(=O)N2CCCN(C3CCN(C)CC3)CC2)cc2cn[nH]c12. The Bertz CT molecular complexity index is 1640. The zero-order chi connectivity index (χ0) is 33.9. The fraction of sp³-hybridized carbons (Fsp3) is 0.579. The molecule has 0 saturated carbocycles. The second-order valence-electron chi connectivity index (χ2n) is 14.7. The number of carbonyl (C=O) groups excluding carboxylic acids is 3. The summed E-state index contributed by atoms with van der Waals surface area (Å²) in [5.41, 5.74) is 5.21. The standard InChI is InChI=1S/C38H52N8O3/c1-27-22-28(24-31-26-39-41-36(27)31)23-30(37(48)45-14-5-13-43(20-21-45)32-9-15-42(2)16-10-32)25-35(47)44-17-11-33(12-18-44)46-19-8-29-6-3-4-7-34(29)40-38(46)49/h3-4,6-7,22,24,26,30,32-33H,5,8-21,23,25H2,1-2H3,(H,39,41)(H,40,49). The van der Waals surface area contributed by atoms with Crippen molar-refractivity contribution in [1.29, 1.82) is 0 Å². The quantitative estimate of drug-likeness (QED) is 0.392. The highest BCUT2D eigenvalue weighted by molar-refractivity contribution is 5.91. The number of H-pyrrole nitrogens is 1. The van der Waals surface area contributed by atoms with Gasteiger partial charge < -0.3 is 24.9 Å². The Hall–Kier alpha value is -3.96. The summed E-state index contributed by atoms with van der Waals surface area (Å²) in [7, 11) is 2.20. The molecule has 11 heteroatoms. The van der Waals surface area contributed by atoms with Crippen molar-refractivity contribution in [1.82, 2.24) is 34.7 Å². The van der Waals surface area contributed by atoms with Crippen LogP contribution in [0.1, 0.15) is 55.2 Å². The summed E-state index contributed by atoms with van der Waals surface area (Å²) < 4.78 is 0. The molecule has 262 valence electrons. The van der Waals surface area contributed by atoms with Crippen LogP contribution in [0.5, 0.6) is 0 Å². The van der Waals surface area contributed by atoms with E-state index in [4.69, 9.17) is 0 Å². The molecule has 2 N–H and O–H groups in total. The minimum atomic E-state index is -0.432. The average Bonchev–Trinajstić information content (AvgIpc) is 3.35. The maximum Gasteiger partial charge on any atom is 0.322 e. The summed E-state index contributed by atoms with van der Waals surface area (Å²) >= 11 is 0. The van der Waals surface area contributed by atoms with Crippen LogP contribution in [-0.2, 0) is 22.4 Å². The lowest BCUT2D eigenvalue weighted by Crippen LogP contribution is -2.50. The summed E-state index contributed by atoms with van der Waals surface area (Å²) in [6, 6.07) is 12.9. The van der Waals surface area contributed by atoms with Crippen LogP contribution in [0.4, 0.5) is 10.5 Å². The minimum Gasteiger partial charge on any atom is -0.343 e. The molecule has 1 aromatic heterocycles. The van der Waals surface area contributed by atoms with Crippen molar-refractivity contribution >= 4 is 34.4 Å². The molecular formula is C38H52N8O3. The number of nitrogens with zero attached hydrogens (tertiary/aromatic N) is 6. The Kier molecular flexibility index (Phi) is 10.2. The first kappa shape index (κ1) is 33.5. The number of para-hydroxylation sites is 1. The van der Waals surface area contributed by atoms with E-state index in [0.717, 1.165) is 91.7 Å². The van der Waals surface area contributed by atoms with Gasteiger partial charge in [0, 0.05) is 75.4 Å². The summed E-state index contributed by atoms with van der Waals surface area (Å²) in [6.45, 7) is 9.54. The zero-order valence-electron chi connectivity index (χ0n) is 29.2. The van der Waals surface area contributed by atoms with Gasteiger partial charge in [-0.1, -0.05) is 24.3 Å². The lowest BCUT2D eigenvalue weighted by Gasteiger charge is -2.38. The third kappa shape index (κ3) is 7.62. The van der Waals surface area contributed by atoms with Gasteiger partial charge >= 0.3 is 6.03 Å². The van der Waals surface area contributed by atoms with Gasteiger partial charge in [0.05, 0.1) is 17.6 Å². The topological polar surface area (TPSA) is 108 Å². The van der Waals surface area contributed by atoms with Crippen LogP contribution in [0.3, 0.4) is 0 Å². The first-order valence-electron chi connectivity index (χ1n) is 18.4. The Morgan fingerprint density at radius 2 is 1.67 bits per heavy atom. The predicted octanol–water partition coefficient (Wildman–Crippen LogP) is 4.13. The van der Waals surface area contributed by atoms with Gasteiger partial charge in [-0.05, 0) is 101 Å². The molecule has 49 heavy (non-hydrogen) atoms. The maximum atomic E-state index is 14.4. The number of urea groups is 1. The monoisotopic (exact) mass is 668 g/mol. The maximum absolute atomic E-state index is 14.4. The van der Waals surface area contributed by atoms with Crippen LogP contribution in [0.25, 0.3) is 10.9 Å². The third-order valence-electron chi connectivity index (χ3n) is 11.5. The van der Waals surface area contributed by atoms with Crippen molar-refractivity contribution in [2.24, 2.45) is 5.92 Å². The van der Waals surface area contributed by atoms with Crippen LogP contribution in [0.15, 0.2) is 42.6 Å². The highest BCUT2D eigenvalue weighted by Gasteiger charge is 2.35. The molecular weight excluding hydrogens is 616 g/mol. The molecule has 3 aromatic rings. The first-order chi connectivity index (χ1) is 23.8. The fourth-order valence-corrected chi connectivity index (χ4v) is 8.61. The average molecular weight is 669 g/mol. The fourth-order valence-electron chi connectivity index (χ4n) is 8.61. The largest absolute Gasteiger partial charge is 0.343 e. The van der Waals surface area contributed by atoms with Gasteiger partial charge in [0.25, 0.3) is 0 Å². The van der Waals surface area contributed by atoms with Gasteiger partial charge in [-0.25, -0.2) is 4.79 Å². The zero-order valence-corrected chi connectivity index (χ0v) is 29.2. The van der Waals surface area contributed by atoms with Crippen molar-refractivity contribution < 1.29 is 14.4 Å². The number of fused-ring (bicyclic) bond motifs is 2. The van der Waals surface area contributed by atoms with Crippen molar-refractivity contribution in [2.75, 3.05) is 71.3 Å². The molecule has 7 rings (SSSR count). The summed E-state index contributed by atoms with van der Waals surface area (Å²) in [5, 5.41) is 11.4. The second-order valence-corrected chi connectivity index (χ2v) is 14.7. The Balaban J connectivity index is 1.01. The number of aromatic amines is 1. The van der Waals surface area contributed by atoms with Gasteiger partial charge in [0.2, 0.25) is 11.8 Å². The normalized spacial score (nSPS) is 21.3. The number of hydrogen-bond acceptors (Lipinski definition) is 6. The first-order valence-corrected chi connectivity index (χ1v) is 18.4. The molecule has 4 aliphatic heterocycles. The van der Waals surface area contributed by atoms with Crippen LogP contribution in [-0.4, -0.2) is 131 Å². The molecule has 2 aromatic carbocycles. The van der Waals surface area contributed by atoms with Crippen LogP contribution >= 0.6 is 0 Å². The lowest BCUT2D eigenvalue weighted by molar-refractivity contribution is -0.142. The van der Waals surface area contributed by atoms with E-state index < -0.39 is 5.92 Å². The molecule has 3 saturated heterocycles. The number of nitrogens with one attached hydrogen (secondary N) is 2.